The highest BCUT2D eigenvalue weighted by Gasteiger charge is 2.30. The Morgan fingerprint density at radius 2 is 1.37 bits per heavy atom. The van der Waals surface area contributed by atoms with Crippen molar-refractivity contribution in [2.24, 2.45) is 0 Å². The summed E-state index contributed by atoms with van der Waals surface area (Å²) in [6, 6.07) is 13.0. The third kappa shape index (κ3) is 3.48. The summed E-state index contributed by atoms with van der Waals surface area (Å²) in [6.07, 6.45) is 4.03. The summed E-state index contributed by atoms with van der Waals surface area (Å²) in [6.45, 7) is 4.04. The monoisotopic (exact) mass is 424 g/mol. The van der Waals surface area contributed by atoms with E-state index in [-0.39, 0.29) is 4.90 Å². The standard InChI is InChI=1S/C21H24N6O2S/c28-30(29,18-7-3-5-17-6-4-10-22-21(17)18)27-15-13-26(14-16-27)20-9-8-19(23-24-20)25-11-1-2-12-25/h3-10H,1-2,11-16H2. The van der Waals surface area contributed by atoms with Crippen LogP contribution in [-0.4, -0.2) is 67.2 Å². The lowest BCUT2D eigenvalue weighted by Crippen LogP contribution is -2.49. The van der Waals surface area contributed by atoms with E-state index in [0.29, 0.717) is 31.7 Å². The molecule has 2 aliphatic heterocycles. The van der Waals surface area contributed by atoms with Crippen molar-refractivity contribution in [3.8, 4) is 0 Å². The van der Waals surface area contributed by atoms with E-state index in [1.807, 2.05) is 30.3 Å². The van der Waals surface area contributed by atoms with Crippen molar-refractivity contribution in [3.63, 3.8) is 0 Å². The fourth-order valence-corrected chi connectivity index (χ4v) is 5.77. The molecular formula is C21H24N6O2S. The molecule has 0 atom stereocenters. The molecule has 2 saturated heterocycles. The van der Waals surface area contributed by atoms with E-state index in [2.05, 4.69) is 25.0 Å². The Kier molecular flexibility index (Phi) is 5.00. The minimum Gasteiger partial charge on any atom is -0.355 e. The van der Waals surface area contributed by atoms with Crippen LogP contribution >= 0.6 is 0 Å². The molecule has 0 unspecified atom stereocenters. The number of hydrogen-bond acceptors (Lipinski definition) is 7. The number of piperazine rings is 1. The average Bonchev–Trinajstić information content (AvgIpc) is 3.34. The molecule has 0 N–H and O–H groups in total. The molecule has 0 saturated carbocycles. The summed E-state index contributed by atoms with van der Waals surface area (Å²) in [5, 5.41) is 9.59. The van der Waals surface area contributed by atoms with Crippen LogP contribution in [0.4, 0.5) is 11.6 Å². The Hall–Kier alpha value is -2.78. The number of sulfonamides is 1. The fraction of sp³-hybridized carbons (Fsp3) is 0.381. The van der Waals surface area contributed by atoms with Gasteiger partial charge in [0.05, 0.1) is 5.52 Å². The topological polar surface area (TPSA) is 82.5 Å². The van der Waals surface area contributed by atoms with E-state index in [9.17, 15) is 8.42 Å². The lowest BCUT2D eigenvalue weighted by Gasteiger charge is -2.34. The molecule has 2 aliphatic rings. The van der Waals surface area contributed by atoms with Crippen LogP contribution in [0.15, 0.2) is 53.6 Å². The van der Waals surface area contributed by atoms with Crippen LogP contribution in [0.2, 0.25) is 0 Å². The van der Waals surface area contributed by atoms with Crippen LogP contribution < -0.4 is 9.80 Å². The van der Waals surface area contributed by atoms with Crippen LogP contribution in [-0.2, 0) is 10.0 Å². The molecule has 0 radical (unpaired) electrons. The summed E-state index contributed by atoms with van der Waals surface area (Å²) < 4.78 is 28.1. The maximum atomic E-state index is 13.3. The maximum Gasteiger partial charge on any atom is 0.245 e. The number of pyridine rings is 1. The zero-order valence-corrected chi connectivity index (χ0v) is 17.5. The fourth-order valence-electron chi connectivity index (χ4n) is 4.18. The zero-order valence-electron chi connectivity index (χ0n) is 16.7. The number of rotatable bonds is 4. The molecule has 8 nitrogen and oxygen atoms in total. The first-order valence-electron chi connectivity index (χ1n) is 10.3. The van der Waals surface area contributed by atoms with Gasteiger partial charge in [-0.3, -0.25) is 4.98 Å². The average molecular weight is 425 g/mol. The normalized spacial score (nSPS) is 18.3. The van der Waals surface area contributed by atoms with Crippen molar-refractivity contribution in [2.75, 3.05) is 49.1 Å². The molecule has 3 aromatic rings. The molecule has 5 rings (SSSR count). The van der Waals surface area contributed by atoms with Gasteiger partial charge in [0.15, 0.2) is 11.6 Å². The molecule has 30 heavy (non-hydrogen) atoms. The van der Waals surface area contributed by atoms with Gasteiger partial charge in [0.1, 0.15) is 4.90 Å². The molecule has 0 bridgehead atoms. The van der Waals surface area contributed by atoms with Gasteiger partial charge >= 0.3 is 0 Å². The first-order valence-corrected chi connectivity index (χ1v) is 11.7. The van der Waals surface area contributed by atoms with Gasteiger partial charge in [0.25, 0.3) is 0 Å². The van der Waals surface area contributed by atoms with Crippen LogP contribution in [0.1, 0.15) is 12.8 Å². The summed E-state index contributed by atoms with van der Waals surface area (Å²) in [5.41, 5.74) is 0.519. The van der Waals surface area contributed by atoms with Crippen molar-refractivity contribution in [2.45, 2.75) is 17.7 Å². The van der Waals surface area contributed by atoms with E-state index in [4.69, 9.17) is 0 Å². The quantitative estimate of drug-likeness (QED) is 0.635. The van der Waals surface area contributed by atoms with Crippen molar-refractivity contribution >= 4 is 32.6 Å². The molecule has 156 valence electrons. The SMILES string of the molecule is O=S(=O)(c1cccc2cccnc12)N1CCN(c2ccc(N3CCCC3)nn2)CC1. The molecule has 0 aliphatic carbocycles. The van der Waals surface area contributed by atoms with Crippen LogP contribution in [0.5, 0.6) is 0 Å². The first kappa shape index (κ1) is 19.2. The number of hydrogen-bond donors (Lipinski definition) is 0. The van der Waals surface area contributed by atoms with E-state index in [0.717, 1.165) is 30.1 Å². The Balaban J connectivity index is 1.30. The van der Waals surface area contributed by atoms with Gasteiger partial charge in [-0.05, 0) is 37.1 Å². The predicted octanol–water partition coefficient (Wildman–Crippen LogP) is 2.14. The van der Waals surface area contributed by atoms with Gasteiger partial charge in [0, 0.05) is 50.9 Å². The predicted molar refractivity (Wildman–Crippen MR) is 116 cm³/mol. The van der Waals surface area contributed by atoms with Crippen molar-refractivity contribution in [1.29, 1.82) is 0 Å². The third-order valence-corrected chi connectivity index (χ3v) is 7.77. The number of benzene rings is 1. The summed E-state index contributed by atoms with van der Waals surface area (Å²) >= 11 is 0. The number of para-hydroxylation sites is 1. The first-order chi connectivity index (χ1) is 14.6. The Labute approximate surface area is 176 Å². The number of nitrogens with zero attached hydrogens (tertiary/aromatic N) is 6. The van der Waals surface area contributed by atoms with Crippen molar-refractivity contribution in [3.05, 3.63) is 48.7 Å². The largest absolute Gasteiger partial charge is 0.355 e. The number of fused-ring (bicyclic) bond motifs is 1. The van der Waals surface area contributed by atoms with Crippen LogP contribution in [0.3, 0.4) is 0 Å². The highest BCUT2D eigenvalue weighted by molar-refractivity contribution is 7.89. The van der Waals surface area contributed by atoms with Gasteiger partial charge in [-0.1, -0.05) is 18.2 Å². The molecule has 1 aromatic carbocycles. The lowest BCUT2D eigenvalue weighted by molar-refractivity contribution is 0.384. The minimum absolute atomic E-state index is 0.267. The highest BCUT2D eigenvalue weighted by atomic mass is 32.2. The van der Waals surface area contributed by atoms with E-state index < -0.39 is 10.0 Å². The second kappa shape index (κ2) is 7.81. The van der Waals surface area contributed by atoms with Gasteiger partial charge in [-0.2, -0.15) is 4.31 Å². The third-order valence-electron chi connectivity index (χ3n) is 5.84. The zero-order chi connectivity index (χ0) is 20.6. The van der Waals surface area contributed by atoms with Gasteiger partial charge < -0.3 is 9.80 Å². The van der Waals surface area contributed by atoms with E-state index in [1.54, 1.807) is 22.6 Å². The van der Waals surface area contributed by atoms with Crippen LogP contribution in [0.25, 0.3) is 10.9 Å². The Morgan fingerprint density at radius 3 is 2.03 bits per heavy atom. The molecule has 0 amide bonds. The van der Waals surface area contributed by atoms with Crippen molar-refractivity contribution < 1.29 is 8.42 Å². The minimum atomic E-state index is -3.61. The summed E-state index contributed by atoms with van der Waals surface area (Å²) in [4.78, 5) is 8.92. The maximum absolute atomic E-state index is 13.3. The molecule has 0 spiro atoms. The second-order valence-electron chi connectivity index (χ2n) is 7.67. The highest BCUT2D eigenvalue weighted by Crippen LogP contribution is 2.26. The van der Waals surface area contributed by atoms with E-state index in [1.165, 1.54) is 12.8 Å². The summed E-state index contributed by atoms with van der Waals surface area (Å²) in [5.74, 6) is 1.71. The van der Waals surface area contributed by atoms with Crippen molar-refractivity contribution in [1.82, 2.24) is 19.5 Å². The Morgan fingerprint density at radius 1 is 0.733 bits per heavy atom. The molecular weight excluding hydrogens is 400 g/mol. The summed E-state index contributed by atoms with van der Waals surface area (Å²) in [7, 11) is -3.61. The lowest BCUT2D eigenvalue weighted by atomic mass is 10.2. The molecule has 4 heterocycles. The molecule has 2 aromatic heterocycles. The van der Waals surface area contributed by atoms with E-state index >= 15 is 0 Å². The number of anilines is 2. The van der Waals surface area contributed by atoms with Crippen LogP contribution in [0, 0.1) is 0 Å². The Bertz CT molecular complexity index is 1130. The van der Waals surface area contributed by atoms with Gasteiger partial charge in [-0.15, -0.1) is 10.2 Å². The van der Waals surface area contributed by atoms with Gasteiger partial charge in [-0.25, -0.2) is 8.42 Å². The second-order valence-corrected chi connectivity index (χ2v) is 9.57. The molecule has 9 heteroatoms. The smallest absolute Gasteiger partial charge is 0.245 e. The van der Waals surface area contributed by atoms with Gasteiger partial charge in [0.2, 0.25) is 10.0 Å². The molecule has 2 fully saturated rings. The number of aromatic nitrogens is 3.